The molecule has 4 nitrogen and oxygen atoms in total. The topological polar surface area (TPSA) is 50.4 Å². The molecule has 2 rings (SSSR count). The lowest BCUT2D eigenvalue weighted by Crippen LogP contribution is -2.23. The predicted octanol–water partition coefficient (Wildman–Crippen LogP) is 2.82. The lowest BCUT2D eigenvalue weighted by atomic mass is 10.0. The lowest BCUT2D eigenvalue weighted by Gasteiger charge is -2.13. The van der Waals surface area contributed by atoms with Crippen molar-refractivity contribution in [3.63, 3.8) is 0 Å². The number of carbonyl (C=O) groups excluding carboxylic acids is 1. The number of rotatable bonds is 7. The first kappa shape index (κ1) is 18.8. The molecule has 0 radical (unpaired) electrons. The van der Waals surface area contributed by atoms with E-state index in [9.17, 15) is 4.79 Å². The number of aryl methyl sites for hydroxylation is 1. The Morgan fingerprint density at radius 3 is 2.95 bits per heavy atom. The van der Waals surface area contributed by atoms with Gasteiger partial charge < -0.3 is 15.4 Å². The molecule has 5 heteroatoms. The van der Waals surface area contributed by atoms with E-state index in [1.165, 1.54) is 12.0 Å². The third-order valence-corrected chi connectivity index (χ3v) is 3.94. The quantitative estimate of drug-likeness (QED) is 0.810. The smallest absolute Gasteiger partial charge is 0.220 e. The minimum atomic E-state index is 0. The van der Waals surface area contributed by atoms with Crippen LogP contribution in [0.3, 0.4) is 0 Å². The highest BCUT2D eigenvalue weighted by Crippen LogP contribution is 2.20. The van der Waals surface area contributed by atoms with Crippen molar-refractivity contribution in [1.82, 2.24) is 10.6 Å². The molecule has 1 saturated heterocycles. The fourth-order valence-corrected chi connectivity index (χ4v) is 2.68. The molecule has 124 valence electrons. The van der Waals surface area contributed by atoms with Crippen LogP contribution in [0.2, 0.25) is 0 Å². The Hall–Kier alpha value is -1.26. The molecule has 1 atom stereocenters. The molecular weight excluding hydrogens is 300 g/mol. The van der Waals surface area contributed by atoms with Crippen LogP contribution in [0.15, 0.2) is 18.2 Å². The molecule has 0 spiro atoms. The first-order chi connectivity index (χ1) is 10.2. The summed E-state index contributed by atoms with van der Waals surface area (Å²) in [6, 6.07) is 6.10. The Kier molecular flexibility index (Phi) is 8.28. The molecular formula is C17H27ClN2O2. The van der Waals surface area contributed by atoms with Crippen molar-refractivity contribution in [3.8, 4) is 5.75 Å². The van der Waals surface area contributed by atoms with Gasteiger partial charge in [-0.2, -0.15) is 0 Å². The van der Waals surface area contributed by atoms with Gasteiger partial charge in [-0.1, -0.05) is 12.1 Å². The average molecular weight is 327 g/mol. The zero-order chi connectivity index (χ0) is 15.1. The summed E-state index contributed by atoms with van der Waals surface area (Å²) in [5.74, 6) is 1.66. The van der Waals surface area contributed by atoms with Crippen LogP contribution in [0.25, 0.3) is 0 Å². The van der Waals surface area contributed by atoms with Crippen LogP contribution in [-0.2, 0) is 11.3 Å². The Morgan fingerprint density at radius 1 is 1.45 bits per heavy atom. The highest BCUT2D eigenvalue weighted by atomic mass is 35.5. The summed E-state index contributed by atoms with van der Waals surface area (Å²) in [7, 11) is 0. The zero-order valence-corrected chi connectivity index (χ0v) is 14.3. The van der Waals surface area contributed by atoms with Gasteiger partial charge in [0.2, 0.25) is 5.91 Å². The number of halogens is 1. The molecule has 1 aromatic carbocycles. The van der Waals surface area contributed by atoms with Crippen LogP contribution >= 0.6 is 12.4 Å². The predicted molar refractivity (Wildman–Crippen MR) is 91.7 cm³/mol. The van der Waals surface area contributed by atoms with Crippen LogP contribution in [0, 0.1) is 12.8 Å². The Labute approximate surface area is 139 Å². The fourth-order valence-electron chi connectivity index (χ4n) is 2.68. The molecule has 0 aliphatic carbocycles. The van der Waals surface area contributed by atoms with E-state index in [1.54, 1.807) is 0 Å². The minimum absolute atomic E-state index is 0. The van der Waals surface area contributed by atoms with Crippen LogP contribution in [0.5, 0.6) is 5.75 Å². The summed E-state index contributed by atoms with van der Waals surface area (Å²) < 4.78 is 5.63. The van der Waals surface area contributed by atoms with E-state index in [2.05, 4.69) is 10.6 Å². The molecule has 0 aromatic heterocycles. The van der Waals surface area contributed by atoms with Crippen LogP contribution < -0.4 is 15.4 Å². The number of hydrogen-bond acceptors (Lipinski definition) is 3. The van der Waals surface area contributed by atoms with E-state index in [-0.39, 0.29) is 18.3 Å². The second-order valence-corrected chi connectivity index (χ2v) is 5.72. The van der Waals surface area contributed by atoms with Gasteiger partial charge in [0, 0.05) is 18.5 Å². The second-order valence-electron chi connectivity index (χ2n) is 5.72. The highest BCUT2D eigenvalue weighted by molar-refractivity contribution is 5.85. The Balaban J connectivity index is 0.00000242. The fraction of sp³-hybridized carbons (Fsp3) is 0.588. The molecule has 2 N–H and O–H groups in total. The molecule has 1 fully saturated rings. The number of ether oxygens (including phenoxy) is 1. The molecule has 1 unspecified atom stereocenters. The van der Waals surface area contributed by atoms with Crippen molar-refractivity contribution in [2.45, 2.75) is 39.7 Å². The van der Waals surface area contributed by atoms with Gasteiger partial charge in [-0.05, 0) is 57.3 Å². The van der Waals surface area contributed by atoms with Gasteiger partial charge >= 0.3 is 0 Å². The summed E-state index contributed by atoms with van der Waals surface area (Å²) in [6.45, 7) is 7.34. The van der Waals surface area contributed by atoms with E-state index in [0.717, 1.165) is 30.8 Å². The first-order valence-corrected chi connectivity index (χ1v) is 7.88. The summed E-state index contributed by atoms with van der Waals surface area (Å²) in [5, 5.41) is 6.33. The summed E-state index contributed by atoms with van der Waals surface area (Å²) in [6.07, 6.45) is 2.78. The Bertz CT molecular complexity index is 474. The molecule has 0 saturated carbocycles. The van der Waals surface area contributed by atoms with Crippen molar-refractivity contribution in [2.24, 2.45) is 5.92 Å². The van der Waals surface area contributed by atoms with Crippen LogP contribution in [0.1, 0.15) is 37.3 Å². The third-order valence-electron chi connectivity index (χ3n) is 3.94. The van der Waals surface area contributed by atoms with Crippen molar-refractivity contribution in [3.05, 3.63) is 29.3 Å². The van der Waals surface area contributed by atoms with Crippen LogP contribution in [-0.4, -0.2) is 25.6 Å². The number of carbonyl (C=O) groups is 1. The maximum Gasteiger partial charge on any atom is 0.220 e. The standard InChI is InChI=1S/C17H26N2O2.ClH/c1-3-21-16-10-13(2)4-6-15(16)12-19-17(20)7-5-14-8-9-18-11-14;/h4,6,10,14,18H,3,5,7-9,11-12H2,1-2H3,(H,19,20);1H. The number of hydrogen-bond donors (Lipinski definition) is 2. The average Bonchev–Trinajstić information content (AvgIpc) is 2.98. The minimum Gasteiger partial charge on any atom is -0.494 e. The van der Waals surface area contributed by atoms with Gasteiger partial charge in [0.15, 0.2) is 0 Å². The SMILES string of the molecule is CCOc1cc(C)ccc1CNC(=O)CCC1CCNC1.Cl. The molecule has 1 aromatic rings. The monoisotopic (exact) mass is 326 g/mol. The van der Waals surface area contributed by atoms with Gasteiger partial charge in [-0.25, -0.2) is 0 Å². The molecule has 1 aliphatic rings. The van der Waals surface area contributed by atoms with Gasteiger partial charge in [0.1, 0.15) is 5.75 Å². The first-order valence-electron chi connectivity index (χ1n) is 7.88. The van der Waals surface area contributed by atoms with Crippen molar-refractivity contribution in [2.75, 3.05) is 19.7 Å². The van der Waals surface area contributed by atoms with Crippen LogP contribution in [0.4, 0.5) is 0 Å². The molecule has 22 heavy (non-hydrogen) atoms. The normalized spacial score (nSPS) is 16.9. The summed E-state index contributed by atoms with van der Waals surface area (Å²) >= 11 is 0. The van der Waals surface area contributed by atoms with Gasteiger partial charge in [0.25, 0.3) is 0 Å². The number of nitrogens with one attached hydrogen (secondary N) is 2. The van der Waals surface area contributed by atoms with E-state index >= 15 is 0 Å². The van der Waals surface area contributed by atoms with E-state index in [1.807, 2.05) is 32.0 Å². The number of amides is 1. The molecule has 1 amide bonds. The summed E-state index contributed by atoms with van der Waals surface area (Å²) in [4.78, 5) is 11.9. The molecule has 1 aliphatic heterocycles. The van der Waals surface area contributed by atoms with E-state index < -0.39 is 0 Å². The van der Waals surface area contributed by atoms with Crippen molar-refractivity contribution >= 4 is 18.3 Å². The lowest BCUT2D eigenvalue weighted by molar-refractivity contribution is -0.121. The van der Waals surface area contributed by atoms with Gasteiger partial charge in [-0.3, -0.25) is 4.79 Å². The second kappa shape index (κ2) is 9.70. The largest absolute Gasteiger partial charge is 0.494 e. The zero-order valence-electron chi connectivity index (χ0n) is 13.5. The van der Waals surface area contributed by atoms with Gasteiger partial charge in [0.05, 0.1) is 6.61 Å². The highest BCUT2D eigenvalue weighted by Gasteiger charge is 2.15. The number of benzene rings is 1. The Morgan fingerprint density at radius 2 is 2.27 bits per heavy atom. The maximum absolute atomic E-state index is 11.9. The molecule has 1 heterocycles. The molecule has 0 bridgehead atoms. The van der Waals surface area contributed by atoms with Crippen molar-refractivity contribution < 1.29 is 9.53 Å². The summed E-state index contributed by atoms with van der Waals surface area (Å²) in [5.41, 5.74) is 2.21. The van der Waals surface area contributed by atoms with Gasteiger partial charge in [-0.15, -0.1) is 12.4 Å². The van der Waals surface area contributed by atoms with E-state index in [0.29, 0.717) is 25.5 Å². The van der Waals surface area contributed by atoms with Crippen molar-refractivity contribution in [1.29, 1.82) is 0 Å². The third kappa shape index (κ3) is 5.85. The maximum atomic E-state index is 11.9. The van der Waals surface area contributed by atoms with E-state index in [4.69, 9.17) is 4.74 Å².